The summed E-state index contributed by atoms with van der Waals surface area (Å²) in [6, 6.07) is 7.35. The van der Waals surface area contributed by atoms with Gasteiger partial charge in [-0.25, -0.2) is 0 Å². The van der Waals surface area contributed by atoms with Gasteiger partial charge in [0.15, 0.2) is 0 Å². The highest BCUT2D eigenvalue weighted by molar-refractivity contribution is 6.35. The molecule has 6 nitrogen and oxygen atoms in total. The molecule has 0 N–H and O–H groups in total. The second-order valence-electron chi connectivity index (χ2n) is 6.50. The molecule has 0 bridgehead atoms. The van der Waals surface area contributed by atoms with E-state index in [1.165, 1.54) is 4.90 Å². The Morgan fingerprint density at radius 2 is 1.64 bits per heavy atom. The lowest BCUT2D eigenvalue weighted by Crippen LogP contribution is -2.46. The van der Waals surface area contributed by atoms with E-state index in [1.54, 1.807) is 7.11 Å². The predicted octanol–water partition coefficient (Wildman–Crippen LogP) is 1.43. The highest BCUT2D eigenvalue weighted by Crippen LogP contribution is 2.33. The number of likely N-dealkylation sites (N-methyl/N-ethyl adjacent to an activating group) is 1. The normalized spacial score (nSPS) is 19.2. The summed E-state index contributed by atoms with van der Waals surface area (Å²) < 4.78 is 5.20. The molecule has 0 radical (unpaired) electrons. The molecule has 1 aromatic carbocycles. The van der Waals surface area contributed by atoms with Crippen LogP contribution in [0, 0.1) is 0 Å². The summed E-state index contributed by atoms with van der Waals surface area (Å²) >= 11 is 0. The third-order valence-corrected chi connectivity index (χ3v) is 4.79. The molecule has 0 atom stereocenters. The van der Waals surface area contributed by atoms with Crippen LogP contribution in [-0.4, -0.2) is 73.4 Å². The first-order valence-corrected chi connectivity index (χ1v) is 8.75. The van der Waals surface area contributed by atoms with Crippen LogP contribution in [0.4, 0.5) is 0 Å². The highest BCUT2D eigenvalue weighted by atomic mass is 16.5. The molecule has 25 heavy (non-hydrogen) atoms. The van der Waals surface area contributed by atoms with Crippen LogP contribution in [0.1, 0.15) is 18.9 Å². The van der Waals surface area contributed by atoms with Crippen molar-refractivity contribution in [3.05, 3.63) is 35.5 Å². The fourth-order valence-electron chi connectivity index (χ4n) is 3.33. The fourth-order valence-corrected chi connectivity index (χ4v) is 3.33. The largest absolute Gasteiger partial charge is 0.497 e. The number of rotatable bonds is 5. The first-order valence-electron chi connectivity index (χ1n) is 8.75. The summed E-state index contributed by atoms with van der Waals surface area (Å²) in [4.78, 5) is 31.6. The zero-order valence-corrected chi connectivity index (χ0v) is 15.1. The van der Waals surface area contributed by atoms with Gasteiger partial charge in [0, 0.05) is 32.7 Å². The van der Waals surface area contributed by atoms with Crippen molar-refractivity contribution in [1.29, 1.82) is 0 Å². The van der Waals surface area contributed by atoms with Crippen LogP contribution in [0.25, 0.3) is 5.57 Å². The maximum atomic E-state index is 13.0. The van der Waals surface area contributed by atoms with Crippen molar-refractivity contribution in [3.63, 3.8) is 0 Å². The first kappa shape index (κ1) is 17.5. The molecule has 2 heterocycles. The van der Waals surface area contributed by atoms with E-state index >= 15 is 0 Å². The zero-order valence-electron chi connectivity index (χ0n) is 15.1. The van der Waals surface area contributed by atoms with Crippen LogP contribution < -0.4 is 4.74 Å². The predicted molar refractivity (Wildman–Crippen MR) is 96.0 cm³/mol. The van der Waals surface area contributed by atoms with Crippen LogP contribution in [0.5, 0.6) is 5.75 Å². The Bertz CT molecular complexity index is 688. The van der Waals surface area contributed by atoms with E-state index in [2.05, 4.69) is 16.8 Å². The molecular formula is C19H25N3O3. The molecule has 0 saturated carbocycles. The van der Waals surface area contributed by atoms with Crippen molar-refractivity contribution >= 4 is 17.4 Å². The first-order chi connectivity index (χ1) is 12.1. The number of benzene rings is 1. The topological polar surface area (TPSA) is 53.1 Å². The number of carbonyl (C=O) groups excluding carboxylic acids is 2. The molecule has 1 saturated heterocycles. The average molecular weight is 343 g/mol. The number of ether oxygens (including phenoxy) is 1. The molecule has 2 aliphatic heterocycles. The van der Waals surface area contributed by atoms with Crippen LogP contribution in [0.3, 0.4) is 0 Å². The maximum Gasteiger partial charge on any atom is 0.277 e. The molecule has 0 spiro atoms. The van der Waals surface area contributed by atoms with E-state index in [-0.39, 0.29) is 11.8 Å². The molecule has 3 rings (SSSR count). The van der Waals surface area contributed by atoms with Gasteiger partial charge in [-0.3, -0.25) is 14.5 Å². The minimum absolute atomic E-state index is 0.165. The Kier molecular flexibility index (Phi) is 5.08. The smallest absolute Gasteiger partial charge is 0.277 e. The van der Waals surface area contributed by atoms with Gasteiger partial charge < -0.3 is 14.5 Å². The van der Waals surface area contributed by atoms with Gasteiger partial charge in [-0.15, -0.1) is 0 Å². The molecule has 1 fully saturated rings. The van der Waals surface area contributed by atoms with Gasteiger partial charge in [0.2, 0.25) is 0 Å². The number of methoxy groups -OCH3 is 1. The van der Waals surface area contributed by atoms with Crippen LogP contribution >= 0.6 is 0 Å². The van der Waals surface area contributed by atoms with Crippen molar-refractivity contribution in [2.24, 2.45) is 0 Å². The molecule has 2 amide bonds. The van der Waals surface area contributed by atoms with Crippen molar-refractivity contribution < 1.29 is 14.3 Å². The van der Waals surface area contributed by atoms with Crippen LogP contribution in [0.2, 0.25) is 0 Å². The van der Waals surface area contributed by atoms with Crippen molar-refractivity contribution in [2.75, 3.05) is 46.9 Å². The van der Waals surface area contributed by atoms with Gasteiger partial charge >= 0.3 is 0 Å². The maximum absolute atomic E-state index is 13.0. The minimum atomic E-state index is -0.189. The van der Waals surface area contributed by atoms with E-state index in [0.29, 0.717) is 17.8 Å². The van der Waals surface area contributed by atoms with Gasteiger partial charge in [0.1, 0.15) is 11.4 Å². The summed E-state index contributed by atoms with van der Waals surface area (Å²) in [6.45, 7) is 5.70. The number of imide groups is 1. The Labute approximate surface area is 148 Å². The number of hydrogen-bond donors (Lipinski definition) is 0. The van der Waals surface area contributed by atoms with Crippen molar-refractivity contribution in [3.8, 4) is 5.75 Å². The lowest BCUT2D eigenvalue weighted by molar-refractivity contribution is -0.137. The Hall–Kier alpha value is -2.34. The van der Waals surface area contributed by atoms with Crippen molar-refractivity contribution in [1.82, 2.24) is 14.7 Å². The number of nitrogens with zero attached hydrogens (tertiary/aromatic N) is 3. The number of amides is 2. The fraction of sp³-hybridized carbons (Fsp3) is 0.474. The number of hydrogen-bond acceptors (Lipinski definition) is 5. The van der Waals surface area contributed by atoms with Gasteiger partial charge in [-0.1, -0.05) is 19.1 Å². The lowest BCUT2D eigenvalue weighted by atomic mass is 10.0. The van der Waals surface area contributed by atoms with Gasteiger partial charge in [-0.2, -0.15) is 0 Å². The number of piperazine rings is 1. The van der Waals surface area contributed by atoms with Gasteiger partial charge in [-0.05, 0) is 31.2 Å². The molecule has 2 aliphatic rings. The van der Waals surface area contributed by atoms with Crippen LogP contribution in [-0.2, 0) is 9.59 Å². The Morgan fingerprint density at radius 1 is 1.00 bits per heavy atom. The zero-order chi connectivity index (χ0) is 18.0. The van der Waals surface area contributed by atoms with E-state index in [0.717, 1.165) is 43.9 Å². The lowest BCUT2D eigenvalue weighted by Gasteiger charge is -2.34. The number of carbonyl (C=O) groups is 2. The molecule has 1 aromatic rings. The summed E-state index contributed by atoms with van der Waals surface area (Å²) in [5.74, 6) is 0.376. The third kappa shape index (κ3) is 3.26. The summed E-state index contributed by atoms with van der Waals surface area (Å²) in [5.41, 5.74) is 1.84. The van der Waals surface area contributed by atoms with Crippen LogP contribution in [0.15, 0.2) is 30.0 Å². The van der Waals surface area contributed by atoms with E-state index in [4.69, 9.17) is 4.74 Å². The standard InChI is InChI=1S/C19H25N3O3/c1-4-9-22-18(23)16(14-5-7-15(25-3)8-6-14)17(19(22)24)21-12-10-20(2)11-13-21/h5-8H,4,9-13H2,1-3H3. The SMILES string of the molecule is CCCN1C(=O)C(c2ccc(OC)cc2)=C(N2CCN(C)CC2)C1=O. The second kappa shape index (κ2) is 7.27. The minimum Gasteiger partial charge on any atom is -0.497 e. The monoisotopic (exact) mass is 343 g/mol. The Balaban J connectivity index is 2.02. The van der Waals surface area contributed by atoms with Crippen molar-refractivity contribution in [2.45, 2.75) is 13.3 Å². The average Bonchev–Trinajstić information content (AvgIpc) is 2.87. The Morgan fingerprint density at radius 3 is 2.20 bits per heavy atom. The van der Waals surface area contributed by atoms with E-state index < -0.39 is 0 Å². The summed E-state index contributed by atoms with van der Waals surface area (Å²) in [5, 5.41) is 0. The van der Waals surface area contributed by atoms with Gasteiger partial charge in [0.05, 0.1) is 12.7 Å². The molecule has 0 aliphatic carbocycles. The van der Waals surface area contributed by atoms with Gasteiger partial charge in [0.25, 0.3) is 11.8 Å². The van der Waals surface area contributed by atoms with E-state index in [1.807, 2.05) is 31.2 Å². The summed E-state index contributed by atoms with van der Waals surface area (Å²) in [6.07, 6.45) is 0.753. The molecule has 0 unspecified atom stereocenters. The molecule has 0 aromatic heterocycles. The second-order valence-corrected chi connectivity index (χ2v) is 6.50. The quantitative estimate of drug-likeness (QED) is 0.757. The molecule has 6 heteroatoms. The van der Waals surface area contributed by atoms with E-state index in [9.17, 15) is 9.59 Å². The summed E-state index contributed by atoms with van der Waals surface area (Å²) in [7, 11) is 3.68. The third-order valence-electron chi connectivity index (χ3n) is 4.79. The molecular weight excluding hydrogens is 318 g/mol. The molecule has 134 valence electrons. The highest BCUT2D eigenvalue weighted by Gasteiger charge is 2.41.